The molecule has 0 aliphatic rings. The van der Waals surface area contributed by atoms with Crippen molar-refractivity contribution in [2.45, 2.75) is 26.3 Å². The second-order valence-corrected chi connectivity index (χ2v) is 6.72. The maximum absolute atomic E-state index is 12.3. The Hall–Kier alpha value is -2.47. The van der Waals surface area contributed by atoms with Crippen LogP contribution in [0.25, 0.3) is 0 Å². The van der Waals surface area contributed by atoms with Crippen molar-refractivity contribution in [2.75, 3.05) is 0 Å². The zero-order chi connectivity index (χ0) is 17.4. The molecule has 1 unspecified atom stereocenters. The Morgan fingerprint density at radius 3 is 2.54 bits per heavy atom. The number of carbonyl (C=O) groups is 2. The fourth-order valence-electron chi connectivity index (χ4n) is 2.11. The molecule has 2 amide bonds. The van der Waals surface area contributed by atoms with Gasteiger partial charge in [0.25, 0.3) is 5.91 Å². The smallest absolute Gasteiger partial charge is 0.262 e. The number of rotatable bonds is 7. The Morgan fingerprint density at radius 1 is 1.17 bits per heavy atom. The molecule has 0 saturated carbocycles. The lowest BCUT2D eigenvalue weighted by atomic mass is 10.0. The van der Waals surface area contributed by atoms with E-state index in [-0.39, 0.29) is 24.2 Å². The molecule has 2 N–H and O–H groups in total. The van der Waals surface area contributed by atoms with E-state index in [1.807, 2.05) is 61.7 Å². The van der Waals surface area contributed by atoms with Crippen LogP contribution < -0.4 is 10.7 Å². The van der Waals surface area contributed by atoms with Gasteiger partial charge in [-0.15, -0.1) is 11.3 Å². The van der Waals surface area contributed by atoms with Crippen LogP contribution in [0.4, 0.5) is 0 Å². The van der Waals surface area contributed by atoms with Crippen LogP contribution in [0.2, 0.25) is 0 Å². The molecule has 5 nitrogen and oxygen atoms in total. The van der Waals surface area contributed by atoms with Crippen molar-refractivity contribution < 1.29 is 9.59 Å². The van der Waals surface area contributed by atoms with Crippen molar-refractivity contribution in [3.05, 3.63) is 58.3 Å². The third-order valence-corrected chi connectivity index (χ3v) is 4.24. The molecule has 1 aromatic heterocycles. The van der Waals surface area contributed by atoms with Crippen molar-refractivity contribution in [1.82, 2.24) is 10.7 Å². The maximum atomic E-state index is 12.3. The average molecular weight is 343 g/mol. The quantitative estimate of drug-likeness (QED) is 0.599. The predicted molar refractivity (Wildman–Crippen MR) is 97.0 cm³/mol. The Balaban J connectivity index is 1.90. The van der Waals surface area contributed by atoms with Crippen LogP contribution in [0, 0.1) is 5.92 Å². The first kappa shape index (κ1) is 17.9. The van der Waals surface area contributed by atoms with E-state index in [4.69, 9.17) is 0 Å². The van der Waals surface area contributed by atoms with Gasteiger partial charge in [0.2, 0.25) is 5.91 Å². The van der Waals surface area contributed by atoms with Crippen LogP contribution in [0.15, 0.2) is 52.9 Å². The fraction of sp³-hybridized carbons (Fsp3) is 0.278. The number of hydrogen-bond donors (Lipinski definition) is 2. The molecule has 126 valence electrons. The van der Waals surface area contributed by atoms with Gasteiger partial charge in [-0.3, -0.25) is 9.59 Å². The summed E-state index contributed by atoms with van der Waals surface area (Å²) < 4.78 is 0. The van der Waals surface area contributed by atoms with Gasteiger partial charge in [0.1, 0.15) is 6.04 Å². The minimum atomic E-state index is -0.620. The van der Waals surface area contributed by atoms with E-state index in [0.717, 1.165) is 10.4 Å². The first-order chi connectivity index (χ1) is 11.6. The third kappa shape index (κ3) is 5.62. The number of thiophene rings is 1. The molecule has 2 rings (SSSR count). The molecule has 24 heavy (non-hydrogen) atoms. The number of hydrogen-bond acceptors (Lipinski definition) is 4. The van der Waals surface area contributed by atoms with Gasteiger partial charge >= 0.3 is 0 Å². The minimum absolute atomic E-state index is 0.0378. The summed E-state index contributed by atoms with van der Waals surface area (Å²) in [7, 11) is 0. The largest absolute Gasteiger partial charge is 0.344 e. The molecule has 0 saturated heterocycles. The van der Waals surface area contributed by atoms with Crippen LogP contribution >= 0.6 is 11.3 Å². The van der Waals surface area contributed by atoms with E-state index in [1.165, 1.54) is 11.3 Å². The average Bonchev–Trinajstić information content (AvgIpc) is 3.06. The number of hydrazone groups is 1. The van der Waals surface area contributed by atoms with Gasteiger partial charge < -0.3 is 5.32 Å². The highest BCUT2D eigenvalue weighted by Gasteiger charge is 2.24. The zero-order valence-electron chi connectivity index (χ0n) is 13.7. The SMILES string of the molecule is CC(C)C(NC(=O)Cc1cccs1)C(=O)N/N=C\c1ccccc1. The molecular formula is C18H21N3O2S. The summed E-state index contributed by atoms with van der Waals surface area (Å²) in [5, 5.41) is 8.66. The second kappa shape index (κ2) is 8.98. The van der Waals surface area contributed by atoms with E-state index in [2.05, 4.69) is 15.8 Å². The van der Waals surface area contributed by atoms with Gasteiger partial charge in [-0.1, -0.05) is 50.2 Å². The van der Waals surface area contributed by atoms with Crippen LogP contribution in [0.5, 0.6) is 0 Å². The summed E-state index contributed by atoms with van der Waals surface area (Å²) in [5.41, 5.74) is 3.38. The lowest BCUT2D eigenvalue weighted by Gasteiger charge is -2.20. The van der Waals surface area contributed by atoms with Gasteiger partial charge in [0.05, 0.1) is 12.6 Å². The molecule has 6 heteroatoms. The van der Waals surface area contributed by atoms with Gasteiger partial charge in [-0.05, 0) is 22.9 Å². The van der Waals surface area contributed by atoms with Crippen LogP contribution in [-0.2, 0) is 16.0 Å². The Labute approximate surface area is 145 Å². The summed E-state index contributed by atoms with van der Waals surface area (Å²) in [6.07, 6.45) is 1.85. The van der Waals surface area contributed by atoms with Crippen molar-refractivity contribution in [3.63, 3.8) is 0 Å². The van der Waals surface area contributed by atoms with Crippen LogP contribution in [0.1, 0.15) is 24.3 Å². The summed E-state index contributed by atoms with van der Waals surface area (Å²) in [6.45, 7) is 3.77. The molecule has 0 aliphatic carbocycles. The standard InChI is InChI=1S/C18H21N3O2S/c1-13(2)17(20-16(22)11-15-9-6-10-24-15)18(23)21-19-12-14-7-4-3-5-8-14/h3-10,12-13,17H,11H2,1-2H3,(H,20,22)(H,21,23)/b19-12-. The Bertz CT molecular complexity index is 682. The first-order valence-electron chi connectivity index (χ1n) is 7.76. The number of nitrogens with zero attached hydrogens (tertiary/aromatic N) is 1. The minimum Gasteiger partial charge on any atom is -0.344 e. The third-order valence-electron chi connectivity index (χ3n) is 3.37. The van der Waals surface area contributed by atoms with E-state index in [9.17, 15) is 9.59 Å². The Morgan fingerprint density at radius 2 is 1.92 bits per heavy atom. The van der Waals surface area contributed by atoms with Crippen LogP contribution in [-0.4, -0.2) is 24.1 Å². The lowest BCUT2D eigenvalue weighted by Crippen LogP contribution is -2.49. The van der Waals surface area contributed by atoms with Gasteiger partial charge in [-0.25, -0.2) is 5.43 Å². The van der Waals surface area contributed by atoms with Gasteiger partial charge in [0.15, 0.2) is 0 Å². The normalized spacial score (nSPS) is 12.3. The molecule has 0 aliphatic heterocycles. The maximum Gasteiger partial charge on any atom is 0.262 e. The molecule has 2 aromatic rings. The molecule has 0 radical (unpaired) electrons. The molecule has 0 spiro atoms. The van der Waals surface area contributed by atoms with E-state index >= 15 is 0 Å². The zero-order valence-corrected chi connectivity index (χ0v) is 14.5. The number of amides is 2. The highest BCUT2D eigenvalue weighted by atomic mass is 32.1. The lowest BCUT2D eigenvalue weighted by molar-refractivity contribution is -0.129. The van der Waals surface area contributed by atoms with Crippen LogP contribution in [0.3, 0.4) is 0 Å². The van der Waals surface area contributed by atoms with Gasteiger partial charge in [-0.2, -0.15) is 5.10 Å². The van der Waals surface area contributed by atoms with E-state index < -0.39 is 6.04 Å². The van der Waals surface area contributed by atoms with E-state index in [0.29, 0.717) is 0 Å². The molecule has 1 atom stereocenters. The van der Waals surface area contributed by atoms with Crippen molar-refractivity contribution in [2.24, 2.45) is 11.0 Å². The van der Waals surface area contributed by atoms with Gasteiger partial charge in [0, 0.05) is 4.88 Å². The van der Waals surface area contributed by atoms with Crippen molar-refractivity contribution in [3.8, 4) is 0 Å². The highest BCUT2D eigenvalue weighted by molar-refractivity contribution is 7.10. The first-order valence-corrected chi connectivity index (χ1v) is 8.64. The number of benzene rings is 1. The van der Waals surface area contributed by atoms with E-state index in [1.54, 1.807) is 6.21 Å². The highest BCUT2D eigenvalue weighted by Crippen LogP contribution is 2.10. The molecular weight excluding hydrogens is 322 g/mol. The monoisotopic (exact) mass is 343 g/mol. The second-order valence-electron chi connectivity index (χ2n) is 5.69. The summed E-state index contributed by atoms with van der Waals surface area (Å²) in [5.74, 6) is -0.528. The number of carbonyl (C=O) groups excluding carboxylic acids is 2. The molecule has 0 fully saturated rings. The van der Waals surface area contributed by atoms with Crippen molar-refractivity contribution in [1.29, 1.82) is 0 Å². The molecule has 1 aromatic carbocycles. The predicted octanol–water partition coefficient (Wildman–Crippen LogP) is 2.58. The molecule has 0 bridgehead atoms. The van der Waals surface area contributed by atoms with Crippen molar-refractivity contribution >= 4 is 29.4 Å². The Kier molecular flexibility index (Phi) is 6.69. The summed E-state index contributed by atoms with van der Waals surface area (Å²) in [4.78, 5) is 25.3. The topological polar surface area (TPSA) is 70.6 Å². The molecule has 1 heterocycles. The fourth-order valence-corrected chi connectivity index (χ4v) is 2.81. The summed E-state index contributed by atoms with van der Waals surface area (Å²) >= 11 is 1.52. The number of nitrogens with one attached hydrogen (secondary N) is 2. The summed E-state index contributed by atoms with van der Waals surface area (Å²) in [6, 6.07) is 12.7.